The van der Waals surface area contributed by atoms with Crippen molar-refractivity contribution < 1.29 is 32.4 Å². The molecule has 1 spiro atoms. The van der Waals surface area contributed by atoms with E-state index in [9.17, 15) is 28.1 Å². The molecule has 0 aliphatic carbocycles. The first kappa shape index (κ1) is 31.8. The average Bonchev–Trinajstić information content (AvgIpc) is 3.28. The number of ether oxygens (including phenoxy) is 2. The third-order valence-electron chi connectivity index (χ3n) is 8.30. The fourth-order valence-corrected chi connectivity index (χ4v) is 7.59. The van der Waals surface area contributed by atoms with Gasteiger partial charge in [0.25, 0.3) is 5.69 Å². The average molecular weight is 630 g/mol. The molecule has 0 saturated carbocycles. The van der Waals surface area contributed by atoms with Gasteiger partial charge in [0.05, 0.1) is 30.2 Å². The van der Waals surface area contributed by atoms with Crippen LogP contribution in [0.3, 0.4) is 0 Å². The molecule has 238 valence electrons. The number of hydrogen-bond donors (Lipinski definition) is 0. The lowest BCUT2D eigenvalue weighted by molar-refractivity contribution is -0.387. The van der Waals surface area contributed by atoms with Crippen molar-refractivity contribution in [2.75, 3.05) is 46.3 Å². The number of carbonyl (C=O) groups excluding carboxylic acids is 2. The molecular formula is C30H39N5O8S. The third kappa shape index (κ3) is 6.43. The van der Waals surface area contributed by atoms with Crippen molar-refractivity contribution in [1.29, 1.82) is 0 Å². The number of para-hydroxylation sites is 1. The van der Waals surface area contributed by atoms with Crippen LogP contribution in [0.1, 0.15) is 39.2 Å². The number of likely N-dealkylation sites (N-methyl/N-ethyl adjacent to an activating group) is 1. The molecule has 3 heterocycles. The van der Waals surface area contributed by atoms with Crippen molar-refractivity contribution in [2.45, 2.75) is 62.0 Å². The standard InChI is InChI=1S/C30H39N5O8S/c1-28(2,3)42-27(37)33-19-26(36)34-20-29(14-16-32(17-15-29)18-23-10-6-5-7-11-23)43-30(34,22-33)21-31(4)44(40,41)25-13-9-8-12-24(25)35(38)39/h5-13H,14-22H2,1-4H3. The van der Waals surface area contributed by atoms with Crippen molar-refractivity contribution in [2.24, 2.45) is 0 Å². The molecule has 0 N–H and O–H groups in total. The summed E-state index contributed by atoms with van der Waals surface area (Å²) in [5.74, 6) is -0.387. The van der Waals surface area contributed by atoms with Crippen LogP contribution in [0.5, 0.6) is 0 Å². The number of rotatable bonds is 7. The van der Waals surface area contributed by atoms with E-state index in [0.29, 0.717) is 25.9 Å². The van der Waals surface area contributed by atoms with E-state index >= 15 is 0 Å². The van der Waals surface area contributed by atoms with E-state index in [1.807, 2.05) is 18.2 Å². The van der Waals surface area contributed by atoms with Crippen LogP contribution in [0.2, 0.25) is 0 Å². The highest BCUT2D eigenvalue weighted by Gasteiger charge is 2.61. The van der Waals surface area contributed by atoms with Crippen molar-refractivity contribution in [3.63, 3.8) is 0 Å². The number of piperidine rings is 1. The van der Waals surface area contributed by atoms with Gasteiger partial charge in [-0.2, -0.15) is 4.31 Å². The van der Waals surface area contributed by atoms with Crippen LogP contribution in [-0.2, 0) is 30.8 Å². The maximum atomic E-state index is 13.7. The molecule has 1 atom stereocenters. The van der Waals surface area contributed by atoms with Crippen LogP contribution in [0.4, 0.5) is 10.5 Å². The highest BCUT2D eigenvalue weighted by molar-refractivity contribution is 7.89. The first-order valence-corrected chi connectivity index (χ1v) is 16.0. The van der Waals surface area contributed by atoms with E-state index in [-0.39, 0.29) is 32.1 Å². The van der Waals surface area contributed by atoms with E-state index in [1.165, 1.54) is 35.7 Å². The van der Waals surface area contributed by atoms with E-state index in [2.05, 4.69) is 17.0 Å². The number of benzene rings is 2. The van der Waals surface area contributed by atoms with Gasteiger partial charge in [0.15, 0.2) is 10.6 Å². The fraction of sp³-hybridized carbons (Fsp3) is 0.533. The molecule has 14 heteroatoms. The number of nitrogens with zero attached hydrogens (tertiary/aromatic N) is 5. The van der Waals surface area contributed by atoms with E-state index in [1.54, 1.807) is 25.7 Å². The highest BCUT2D eigenvalue weighted by Crippen LogP contribution is 2.44. The Balaban J connectivity index is 1.44. The molecule has 3 saturated heterocycles. The zero-order valence-electron chi connectivity index (χ0n) is 25.5. The number of hydrogen-bond acceptors (Lipinski definition) is 9. The van der Waals surface area contributed by atoms with Crippen LogP contribution >= 0.6 is 0 Å². The predicted octanol–water partition coefficient (Wildman–Crippen LogP) is 3.06. The number of nitro benzene ring substituents is 1. The van der Waals surface area contributed by atoms with Crippen LogP contribution in [0.25, 0.3) is 0 Å². The number of fused-ring (bicyclic) bond motifs is 1. The van der Waals surface area contributed by atoms with Gasteiger partial charge >= 0.3 is 6.09 Å². The normalized spacial score (nSPS) is 22.3. The van der Waals surface area contributed by atoms with Gasteiger partial charge in [-0.3, -0.25) is 24.7 Å². The van der Waals surface area contributed by atoms with Crippen LogP contribution in [0, 0.1) is 10.1 Å². The Labute approximate surface area is 257 Å². The summed E-state index contributed by atoms with van der Waals surface area (Å²) in [4.78, 5) is 42.4. The number of piperazine rings is 1. The van der Waals surface area contributed by atoms with Crippen LogP contribution in [0.15, 0.2) is 59.5 Å². The smallest absolute Gasteiger partial charge is 0.410 e. The number of sulfonamides is 1. The molecule has 13 nitrogen and oxygen atoms in total. The Hall–Kier alpha value is -3.59. The summed E-state index contributed by atoms with van der Waals surface area (Å²) in [6, 6.07) is 15.2. The van der Waals surface area contributed by atoms with Gasteiger partial charge in [0, 0.05) is 32.7 Å². The summed E-state index contributed by atoms with van der Waals surface area (Å²) >= 11 is 0. The van der Waals surface area contributed by atoms with Gasteiger partial charge < -0.3 is 14.4 Å². The molecule has 0 aromatic heterocycles. The van der Waals surface area contributed by atoms with Gasteiger partial charge in [0.2, 0.25) is 15.9 Å². The Morgan fingerprint density at radius 2 is 1.70 bits per heavy atom. The van der Waals surface area contributed by atoms with E-state index < -0.39 is 48.5 Å². The minimum atomic E-state index is -4.40. The lowest BCUT2D eigenvalue weighted by atomic mass is 9.91. The van der Waals surface area contributed by atoms with Gasteiger partial charge in [-0.25, -0.2) is 13.2 Å². The monoisotopic (exact) mass is 629 g/mol. The molecule has 2 aromatic carbocycles. The minimum Gasteiger partial charge on any atom is -0.444 e. The molecule has 2 amide bonds. The third-order valence-corrected chi connectivity index (χ3v) is 10.1. The summed E-state index contributed by atoms with van der Waals surface area (Å²) in [7, 11) is -3.10. The predicted molar refractivity (Wildman–Crippen MR) is 160 cm³/mol. The van der Waals surface area contributed by atoms with E-state index in [0.717, 1.165) is 16.9 Å². The first-order chi connectivity index (χ1) is 20.6. The second-order valence-corrected chi connectivity index (χ2v) is 14.8. The van der Waals surface area contributed by atoms with Gasteiger partial charge in [-0.1, -0.05) is 42.5 Å². The maximum Gasteiger partial charge on any atom is 0.410 e. The quantitative estimate of drug-likeness (QED) is 0.334. The largest absolute Gasteiger partial charge is 0.444 e. The molecule has 0 bridgehead atoms. The molecule has 44 heavy (non-hydrogen) atoms. The van der Waals surface area contributed by atoms with Crippen molar-refractivity contribution in [3.8, 4) is 0 Å². The molecule has 0 radical (unpaired) electrons. The number of likely N-dealkylation sites (tertiary alicyclic amines) is 1. The second kappa shape index (κ2) is 11.7. The SMILES string of the molecule is CN(CC12CN(C(=O)OC(C)(C)C)CC(=O)N1CC1(CCN(Cc3ccccc3)CC1)O2)S(=O)(=O)c1ccccc1[N+](=O)[O-]. The number of nitro groups is 1. The van der Waals surface area contributed by atoms with Crippen LogP contribution in [-0.4, -0.2) is 108 Å². The Morgan fingerprint density at radius 1 is 1.07 bits per heavy atom. The Morgan fingerprint density at radius 3 is 2.34 bits per heavy atom. The molecule has 3 aliphatic heterocycles. The molecule has 2 aromatic rings. The molecule has 1 unspecified atom stereocenters. The molecule has 3 aliphatic rings. The first-order valence-electron chi connectivity index (χ1n) is 14.6. The molecular weight excluding hydrogens is 590 g/mol. The topological polar surface area (TPSA) is 143 Å². The fourth-order valence-electron chi connectivity index (χ4n) is 6.23. The van der Waals surface area contributed by atoms with Crippen LogP contribution < -0.4 is 0 Å². The number of amides is 2. The van der Waals surface area contributed by atoms with Gasteiger partial charge in [-0.15, -0.1) is 0 Å². The van der Waals surface area contributed by atoms with Gasteiger partial charge in [0.1, 0.15) is 12.1 Å². The molecule has 3 fully saturated rings. The summed E-state index contributed by atoms with van der Waals surface area (Å²) in [6.07, 6.45) is 0.480. The Kier molecular flexibility index (Phi) is 8.48. The minimum absolute atomic E-state index is 0.125. The highest BCUT2D eigenvalue weighted by atomic mass is 32.2. The summed E-state index contributed by atoms with van der Waals surface area (Å²) < 4.78 is 40.8. The van der Waals surface area contributed by atoms with E-state index in [4.69, 9.17) is 9.47 Å². The second-order valence-electron chi connectivity index (χ2n) is 12.8. The van der Waals surface area contributed by atoms with Crippen molar-refractivity contribution in [1.82, 2.24) is 19.0 Å². The van der Waals surface area contributed by atoms with Crippen molar-refractivity contribution >= 4 is 27.7 Å². The lowest BCUT2D eigenvalue weighted by Gasteiger charge is -2.46. The van der Waals surface area contributed by atoms with Gasteiger partial charge in [-0.05, 0) is 45.2 Å². The Bertz CT molecular complexity index is 1520. The summed E-state index contributed by atoms with van der Waals surface area (Å²) in [5, 5.41) is 11.7. The van der Waals surface area contributed by atoms with Crippen molar-refractivity contribution in [3.05, 3.63) is 70.3 Å². The lowest BCUT2D eigenvalue weighted by Crippen LogP contribution is -2.67. The zero-order valence-corrected chi connectivity index (χ0v) is 26.3. The number of carbonyl (C=O) groups is 2. The summed E-state index contributed by atoms with van der Waals surface area (Å²) in [6.45, 7) is 6.86. The maximum absolute atomic E-state index is 13.7. The zero-order chi connectivity index (χ0) is 31.9. The molecule has 5 rings (SSSR count). The summed E-state index contributed by atoms with van der Waals surface area (Å²) in [5.41, 5.74) is -2.47.